The number of hydrogen-bond acceptors (Lipinski definition) is 1. The zero-order valence-corrected chi connectivity index (χ0v) is 5.35. The van der Waals surface area contributed by atoms with Gasteiger partial charge in [0.2, 0.25) is 0 Å². The SMILES string of the molecule is CC1(/C=C\N)CCC1. The summed E-state index contributed by atoms with van der Waals surface area (Å²) in [4.78, 5) is 0. The first kappa shape index (κ1) is 5.67. The first-order valence-corrected chi connectivity index (χ1v) is 3.16. The molecule has 0 radical (unpaired) electrons. The lowest BCUT2D eigenvalue weighted by Gasteiger charge is -2.34. The van der Waals surface area contributed by atoms with E-state index in [1.54, 1.807) is 6.20 Å². The van der Waals surface area contributed by atoms with Crippen LogP contribution in [-0.4, -0.2) is 0 Å². The molecule has 1 heteroatoms. The van der Waals surface area contributed by atoms with Crippen LogP contribution in [0.5, 0.6) is 0 Å². The highest BCUT2D eigenvalue weighted by molar-refractivity contribution is 5.00. The summed E-state index contributed by atoms with van der Waals surface area (Å²) in [5, 5.41) is 0. The fraction of sp³-hybridized carbons (Fsp3) is 0.714. The molecule has 2 N–H and O–H groups in total. The van der Waals surface area contributed by atoms with Crippen LogP contribution in [0.15, 0.2) is 12.3 Å². The molecule has 0 heterocycles. The van der Waals surface area contributed by atoms with Crippen LogP contribution >= 0.6 is 0 Å². The van der Waals surface area contributed by atoms with E-state index in [0.29, 0.717) is 5.41 Å². The molecule has 0 aromatic heterocycles. The Morgan fingerprint density at radius 1 is 1.50 bits per heavy atom. The molecule has 1 rings (SSSR count). The summed E-state index contributed by atoms with van der Waals surface area (Å²) in [7, 11) is 0. The van der Waals surface area contributed by atoms with Gasteiger partial charge < -0.3 is 5.73 Å². The molecule has 0 unspecified atom stereocenters. The Kier molecular flexibility index (Phi) is 1.28. The quantitative estimate of drug-likeness (QED) is 0.547. The summed E-state index contributed by atoms with van der Waals surface area (Å²) in [6.07, 6.45) is 7.79. The minimum Gasteiger partial charge on any atom is -0.405 e. The summed E-state index contributed by atoms with van der Waals surface area (Å²) in [5.41, 5.74) is 5.71. The predicted octanol–water partition coefficient (Wildman–Crippen LogP) is 1.65. The van der Waals surface area contributed by atoms with E-state index in [1.165, 1.54) is 19.3 Å². The summed E-state index contributed by atoms with van der Waals surface area (Å²) in [6, 6.07) is 0. The summed E-state index contributed by atoms with van der Waals surface area (Å²) < 4.78 is 0. The second-order valence-corrected chi connectivity index (χ2v) is 2.87. The zero-order valence-electron chi connectivity index (χ0n) is 5.35. The molecule has 0 aromatic carbocycles. The van der Waals surface area contributed by atoms with Crippen molar-refractivity contribution in [3.8, 4) is 0 Å². The predicted molar refractivity (Wildman–Crippen MR) is 35.3 cm³/mol. The lowest BCUT2D eigenvalue weighted by Crippen LogP contribution is -2.22. The van der Waals surface area contributed by atoms with Gasteiger partial charge in [-0.15, -0.1) is 0 Å². The Morgan fingerprint density at radius 2 is 2.12 bits per heavy atom. The van der Waals surface area contributed by atoms with Crippen molar-refractivity contribution >= 4 is 0 Å². The standard InChI is InChI=1S/C7H13N/c1-7(5-6-8)3-2-4-7/h5-6H,2-4,8H2,1H3/b6-5-. The molecule has 1 nitrogen and oxygen atoms in total. The van der Waals surface area contributed by atoms with Crippen LogP contribution in [0.4, 0.5) is 0 Å². The summed E-state index contributed by atoms with van der Waals surface area (Å²) in [6.45, 7) is 2.25. The van der Waals surface area contributed by atoms with Gasteiger partial charge in [0.05, 0.1) is 0 Å². The molecule has 1 aliphatic rings. The first-order valence-electron chi connectivity index (χ1n) is 3.16. The molecule has 0 atom stereocenters. The molecule has 0 bridgehead atoms. The van der Waals surface area contributed by atoms with Crippen molar-refractivity contribution in [1.82, 2.24) is 0 Å². The third kappa shape index (κ3) is 0.857. The molecule has 46 valence electrons. The monoisotopic (exact) mass is 111 g/mol. The smallest absolute Gasteiger partial charge is 0.00975 e. The van der Waals surface area contributed by atoms with Crippen molar-refractivity contribution in [2.45, 2.75) is 26.2 Å². The second kappa shape index (κ2) is 1.81. The van der Waals surface area contributed by atoms with Crippen LogP contribution in [-0.2, 0) is 0 Å². The Morgan fingerprint density at radius 3 is 2.25 bits per heavy atom. The average molecular weight is 111 g/mol. The topological polar surface area (TPSA) is 26.0 Å². The Hall–Kier alpha value is -0.460. The molecular weight excluding hydrogens is 98.1 g/mol. The van der Waals surface area contributed by atoms with Gasteiger partial charge in [0.15, 0.2) is 0 Å². The maximum atomic E-state index is 5.24. The maximum Gasteiger partial charge on any atom is -0.00975 e. The van der Waals surface area contributed by atoms with Gasteiger partial charge >= 0.3 is 0 Å². The molecule has 8 heavy (non-hydrogen) atoms. The van der Waals surface area contributed by atoms with Gasteiger partial charge in [-0.2, -0.15) is 0 Å². The van der Waals surface area contributed by atoms with Crippen LogP contribution < -0.4 is 5.73 Å². The van der Waals surface area contributed by atoms with E-state index in [2.05, 4.69) is 13.0 Å². The van der Waals surface area contributed by atoms with Crippen molar-refractivity contribution in [2.75, 3.05) is 0 Å². The summed E-state index contributed by atoms with van der Waals surface area (Å²) >= 11 is 0. The van der Waals surface area contributed by atoms with Crippen molar-refractivity contribution in [2.24, 2.45) is 11.1 Å². The fourth-order valence-electron chi connectivity index (χ4n) is 1.13. The molecule has 1 saturated carbocycles. The Balaban J connectivity index is 2.41. The average Bonchev–Trinajstić information content (AvgIpc) is 1.64. The highest BCUT2D eigenvalue weighted by Crippen LogP contribution is 2.41. The van der Waals surface area contributed by atoms with Gasteiger partial charge in [0, 0.05) is 0 Å². The van der Waals surface area contributed by atoms with Gasteiger partial charge in [0.25, 0.3) is 0 Å². The van der Waals surface area contributed by atoms with Crippen molar-refractivity contribution in [3.05, 3.63) is 12.3 Å². The van der Waals surface area contributed by atoms with Crippen LogP contribution in [0.25, 0.3) is 0 Å². The highest BCUT2D eigenvalue weighted by Gasteiger charge is 2.28. The molecule has 1 fully saturated rings. The number of rotatable bonds is 1. The third-order valence-electron chi connectivity index (χ3n) is 1.99. The van der Waals surface area contributed by atoms with Crippen LogP contribution in [0.3, 0.4) is 0 Å². The van der Waals surface area contributed by atoms with Gasteiger partial charge in [-0.3, -0.25) is 0 Å². The van der Waals surface area contributed by atoms with Gasteiger partial charge in [0.1, 0.15) is 0 Å². The molecule has 0 aromatic rings. The molecule has 0 saturated heterocycles. The van der Waals surface area contributed by atoms with Crippen molar-refractivity contribution in [1.29, 1.82) is 0 Å². The molecular formula is C7H13N. The molecule has 0 aliphatic heterocycles. The normalized spacial score (nSPS) is 25.6. The van der Waals surface area contributed by atoms with Crippen LogP contribution in [0.2, 0.25) is 0 Å². The minimum absolute atomic E-state index is 0.467. The molecule has 0 spiro atoms. The lowest BCUT2D eigenvalue weighted by atomic mass is 9.71. The number of nitrogens with two attached hydrogens (primary N) is 1. The number of hydrogen-bond donors (Lipinski definition) is 1. The minimum atomic E-state index is 0.467. The Labute approximate surface area is 50.6 Å². The van der Waals surface area contributed by atoms with Gasteiger partial charge in [-0.25, -0.2) is 0 Å². The third-order valence-corrected chi connectivity index (χ3v) is 1.99. The first-order chi connectivity index (χ1) is 3.77. The van der Waals surface area contributed by atoms with Crippen molar-refractivity contribution in [3.63, 3.8) is 0 Å². The maximum absolute atomic E-state index is 5.24. The summed E-state index contributed by atoms with van der Waals surface area (Å²) in [5.74, 6) is 0. The van der Waals surface area contributed by atoms with Crippen LogP contribution in [0, 0.1) is 5.41 Å². The fourth-order valence-corrected chi connectivity index (χ4v) is 1.13. The van der Waals surface area contributed by atoms with E-state index < -0.39 is 0 Å². The van der Waals surface area contributed by atoms with E-state index in [0.717, 1.165) is 0 Å². The van der Waals surface area contributed by atoms with Gasteiger partial charge in [-0.05, 0) is 24.5 Å². The lowest BCUT2D eigenvalue weighted by molar-refractivity contribution is 0.233. The van der Waals surface area contributed by atoms with Gasteiger partial charge in [-0.1, -0.05) is 19.4 Å². The number of allylic oxidation sites excluding steroid dienone is 1. The van der Waals surface area contributed by atoms with Crippen LogP contribution in [0.1, 0.15) is 26.2 Å². The molecule has 1 aliphatic carbocycles. The molecule has 0 amide bonds. The van der Waals surface area contributed by atoms with E-state index in [-0.39, 0.29) is 0 Å². The van der Waals surface area contributed by atoms with Crippen molar-refractivity contribution < 1.29 is 0 Å². The highest BCUT2D eigenvalue weighted by atomic mass is 14.5. The largest absolute Gasteiger partial charge is 0.405 e. The van der Waals surface area contributed by atoms with E-state index >= 15 is 0 Å². The van der Waals surface area contributed by atoms with E-state index in [4.69, 9.17) is 5.73 Å². The van der Waals surface area contributed by atoms with E-state index in [1.807, 2.05) is 0 Å². The Bertz CT molecular complexity index is 101. The second-order valence-electron chi connectivity index (χ2n) is 2.87. The van der Waals surface area contributed by atoms with E-state index in [9.17, 15) is 0 Å². The zero-order chi connectivity index (χ0) is 6.04.